The minimum atomic E-state index is -0.485. The van der Waals surface area contributed by atoms with E-state index in [-0.39, 0.29) is 11.3 Å². The second-order valence-electron chi connectivity index (χ2n) is 6.99. The van der Waals surface area contributed by atoms with Gasteiger partial charge < -0.3 is 10.0 Å². The summed E-state index contributed by atoms with van der Waals surface area (Å²) in [6, 6.07) is 3.67. The largest absolute Gasteiger partial charge is 0.389 e. The maximum absolute atomic E-state index is 12.6. The molecule has 2 heterocycles. The van der Waals surface area contributed by atoms with Gasteiger partial charge in [-0.05, 0) is 51.2 Å². The van der Waals surface area contributed by atoms with E-state index in [1.807, 2.05) is 24.0 Å². The molecule has 1 saturated heterocycles. The Morgan fingerprint density at radius 1 is 1.32 bits per heavy atom. The molecule has 1 atom stereocenters. The molecule has 1 amide bonds. The van der Waals surface area contributed by atoms with Crippen molar-refractivity contribution in [2.24, 2.45) is 5.41 Å². The number of hydrogen-bond acceptors (Lipinski definition) is 3. The molecule has 1 aromatic rings. The van der Waals surface area contributed by atoms with Crippen LogP contribution in [0.15, 0.2) is 18.3 Å². The van der Waals surface area contributed by atoms with Gasteiger partial charge in [-0.25, -0.2) is 0 Å². The van der Waals surface area contributed by atoms with Crippen LogP contribution >= 0.6 is 0 Å². The average molecular weight is 302 g/mol. The summed E-state index contributed by atoms with van der Waals surface area (Å²) in [4.78, 5) is 18.8. The Morgan fingerprint density at radius 2 is 2.05 bits per heavy atom. The summed E-state index contributed by atoms with van der Waals surface area (Å²) in [7, 11) is 0. The lowest BCUT2D eigenvalue weighted by molar-refractivity contribution is -0.191. The molecule has 2 fully saturated rings. The van der Waals surface area contributed by atoms with Crippen molar-refractivity contribution in [1.29, 1.82) is 0 Å². The lowest BCUT2D eigenvalue weighted by Gasteiger charge is -2.59. The number of likely N-dealkylation sites (tertiary alicyclic amines) is 1. The van der Waals surface area contributed by atoms with E-state index in [9.17, 15) is 9.90 Å². The first-order valence-electron chi connectivity index (χ1n) is 8.45. The first kappa shape index (κ1) is 15.5. The Balaban J connectivity index is 1.68. The molecule has 0 aromatic carbocycles. The number of carbonyl (C=O) groups is 1. The fraction of sp³-hybridized carbons (Fsp3) is 0.667. The molecule has 4 heteroatoms. The van der Waals surface area contributed by atoms with Crippen LogP contribution in [0.1, 0.15) is 61.5 Å². The summed E-state index contributed by atoms with van der Waals surface area (Å²) in [5.41, 5.74) is 1.07. The summed E-state index contributed by atoms with van der Waals surface area (Å²) in [5, 5.41) is 10.9. The lowest BCUT2D eigenvalue weighted by Crippen LogP contribution is -2.61. The molecule has 22 heavy (non-hydrogen) atoms. The van der Waals surface area contributed by atoms with Gasteiger partial charge in [0.2, 0.25) is 0 Å². The van der Waals surface area contributed by atoms with Crippen molar-refractivity contribution in [2.45, 2.75) is 58.0 Å². The lowest BCUT2D eigenvalue weighted by atomic mass is 9.51. The molecular weight excluding hydrogens is 276 g/mol. The zero-order chi connectivity index (χ0) is 15.8. The third-order valence-electron chi connectivity index (χ3n) is 5.91. The van der Waals surface area contributed by atoms with Crippen LogP contribution < -0.4 is 0 Å². The Hall–Kier alpha value is -1.42. The van der Waals surface area contributed by atoms with Gasteiger partial charge in [0.1, 0.15) is 0 Å². The van der Waals surface area contributed by atoms with Gasteiger partial charge in [0.15, 0.2) is 0 Å². The molecule has 1 unspecified atom stereocenters. The number of aromatic nitrogens is 1. The van der Waals surface area contributed by atoms with Crippen LogP contribution in [0.3, 0.4) is 0 Å². The highest BCUT2D eigenvalue weighted by Gasteiger charge is 2.57. The van der Waals surface area contributed by atoms with Crippen LogP contribution in [0.25, 0.3) is 0 Å². The average Bonchev–Trinajstić information content (AvgIpc) is 2.54. The number of aliphatic hydroxyl groups is 1. The topological polar surface area (TPSA) is 53.4 Å². The predicted octanol–water partition coefficient (Wildman–Crippen LogP) is 2.94. The maximum Gasteiger partial charge on any atom is 0.255 e. The number of nitrogens with zero attached hydrogens (tertiary/aromatic N) is 2. The first-order valence-corrected chi connectivity index (χ1v) is 8.45. The molecule has 0 bridgehead atoms. The Morgan fingerprint density at radius 3 is 2.59 bits per heavy atom. The summed E-state index contributed by atoms with van der Waals surface area (Å²) >= 11 is 0. The zero-order valence-electron chi connectivity index (χ0n) is 13.6. The van der Waals surface area contributed by atoms with E-state index in [1.165, 1.54) is 0 Å². The molecule has 1 N–H and O–H groups in total. The first-order chi connectivity index (χ1) is 10.5. The predicted molar refractivity (Wildman–Crippen MR) is 85.6 cm³/mol. The molecule has 2 aliphatic rings. The monoisotopic (exact) mass is 302 g/mol. The van der Waals surface area contributed by atoms with E-state index in [2.05, 4.69) is 11.9 Å². The second kappa shape index (κ2) is 5.65. The number of pyridine rings is 1. The molecule has 1 saturated carbocycles. The number of aryl methyl sites for hydroxylation is 1. The van der Waals surface area contributed by atoms with Crippen molar-refractivity contribution < 1.29 is 9.90 Å². The van der Waals surface area contributed by atoms with Crippen molar-refractivity contribution >= 4 is 5.91 Å². The maximum atomic E-state index is 12.6. The molecule has 3 rings (SSSR count). The molecule has 4 nitrogen and oxygen atoms in total. The van der Waals surface area contributed by atoms with Crippen molar-refractivity contribution in [3.05, 3.63) is 29.6 Å². The summed E-state index contributed by atoms with van der Waals surface area (Å²) in [6.07, 6.45) is 7.52. The van der Waals surface area contributed by atoms with E-state index in [4.69, 9.17) is 0 Å². The van der Waals surface area contributed by atoms with Gasteiger partial charge in [-0.2, -0.15) is 0 Å². The third kappa shape index (κ3) is 2.34. The van der Waals surface area contributed by atoms with Crippen molar-refractivity contribution in [3.63, 3.8) is 0 Å². The van der Waals surface area contributed by atoms with E-state index in [0.29, 0.717) is 5.56 Å². The van der Waals surface area contributed by atoms with Crippen LogP contribution in [-0.4, -0.2) is 39.6 Å². The smallest absolute Gasteiger partial charge is 0.255 e. The quantitative estimate of drug-likeness (QED) is 0.934. The molecule has 1 aromatic heterocycles. The van der Waals surface area contributed by atoms with Crippen molar-refractivity contribution in [3.8, 4) is 0 Å². The Kier molecular flexibility index (Phi) is 3.98. The summed E-state index contributed by atoms with van der Waals surface area (Å²) in [5.74, 6) is 0.0822. The summed E-state index contributed by atoms with van der Waals surface area (Å²) < 4.78 is 0. The highest BCUT2D eigenvalue weighted by Crippen LogP contribution is 2.58. The minimum absolute atomic E-state index is 0.0593. The van der Waals surface area contributed by atoms with Gasteiger partial charge in [-0.15, -0.1) is 0 Å². The molecule has 0 radical (unpaired) electrons. The number of hydrogen-bond donors (Lipinski definition) is 1. The van der Waals surface area contributed by atoms with Gasteiger partial charge in [-0.3, -0.25) is 9.78 Å². The van der Waals surface area contributed by atoms with Crippen LogP contribution in [0.4, 0.5) is 0 Å². The minimum Gasteiger partial charge on any atom is -0.389 e. The SMILES string of the molecule is CCCC1(O)CCC12CCN(C(=O)c1cccnc1C)CC2. The van der Waals surface area contributed by atoms with Gasteiger partial charge in [-0.1, -0.05) is 13.3 Å². The van der Waals surface area contributed by atoms with E-state index in [1.54, 1.807) is 6.20 Å². The molecular formula is C18H26N2O2. The molecule has 1 aliphatic carbocycles. The van der Waals surface area contributed by atoms with Gasteiger partial charge in [0.25, 0.3) is 5.91 Å². The van der Waals surface area contributed by atoms with Crippen LogP contribution in [0, 0.1) is 12.3 Å². The highest BCUT2D eigenvalue weighted by atomic mass is 16.3. The Bertz CT molecular complexity index is 564. The fourth-order valence-corrected chi connectivity index (χ4v) is 4.30. The number of carbonyl (C=O) groups excluding carboxylic acids is 1. The van der Waals surface area contributed by atoms with Crippen LogP contribution in [-0.2, 0) is 0 Å². The van der Waals surface area contributed by atoms with Crippen molar-refractivity contribution in [2.75, 3.05) is 13.1 Å². The summed E-state index contributed by atoms with van der Waals surface area (Å²) in [6.45, 7) is 5.51. The van der Waals surface area contributed by atoms with Crippen molar-refractivity contribution in [1.82, 2.24) is 9.88 Å². The van der Waals surface area contributed by atoms with Crippen LogP contribution in [0.2, 0.25) is 0 Å². The van der Waals surface area contributed by atoms with E-state index >= 15 is 0 Å². The number of rotatable bonds is 3. The fourth-order valence-electron chi connectivity index (χ4n) is 4.30. The molecule has 1 aliphatic heterocycles. The zero-order valence-corrected chi connectivity index (χ0v) is 13.6. The van der Waals surface area contributed by atoms with Crippen LogP contribution in [0.5, 0.6) is 0 Å². The molecule has 1 spiro atoms. The van der Waals surface area contributed by atoms with Gasteiger partial charge >= 0.3 is 0 Å². The highest BCUT2D eigenvalue weighted by molar-refractivity contribution is 5.95. The third-order valence-corrected chi connectivity index (χ3v) is 5.91. The van der Waals surface area contributed by atoms with Gasteiger partial charge in [0, 0.05) is 30.4 Å². The van der Waals surface area contributed by atoms with E-state index < -0.39 is 5.60 Å². The van der Waals surface area contributed by atoms with E-state index in [0.717, 1.165) is 57.3 Å². The standard InChI is InChI=1S/C18H26N2O2/c1-3-6-18(22)8-7-17(18)9-12-20(13-10-17)16(21)15-5-4-11-19-14(15)2/h4-5,11,22H,3,6-10,12-13H2,1-2H3. The number of amides is 1. The number of piperidine rings is 1. The van der Waals surface area contributed by atoms with Gasteiger partial charge in [0.05, 0.1) is 11.2 Å². The normalized spacial score (nSPS) is 26.8. The molecule has 120 valence electrons. The second-order valence-corrected chi connectivity index (χ2v) is 6.99. The Labute approximate surface area is 132 Å².